The van der Waals surface area contributed by atoms with Crippen LogP contribution in [0.25, 0.3) is 0 Å². The molecule has 2 N–H and O–H groups in total. The molecule has 0 unspecified atom stereocenters. The monoisotopic (exact) mass is 362 g/mol. The zero-order valence-corrected chi connectivity index (χ0v) is 15.8. The number of likely N-dealkylation sites (N-methyl/N-ethyl adjacent to an activating group) is 1. The number of hydrogen-bond acceptors (Lipinski definition) is 5. The summed E-state index contributed by atoms with van der Waals surface area (Å²) in [6.07, 6.45) is 5.54. The molecule has 1 aliphatic rings. The van der Waals surface area contributed by atoms with Crippen LogP contribution in [-0.2, 0) is 16.1 Å². The second-order valence-electron chi connectivity index (χ2n) is 7.03. The fourth-order valence-corrected chi connectivity index (χ4v) is 3.34. The van der Waals surface area contributed by atoms with Crippen LogP contribution >= 0.6 is 0 Å². The lowest BCUT2D eigenvalue weighted by Crippen LogP contribution is -2.44. The SMILES string of the molecule is CCN(Cc1ccncc1)C[C@@]1(O)CCCN(C(=O)CNC(C)=O)CC1. The Hall–Kier alpha value is -1.99. The molecule has 1 saturated heterocycles. The van der Waals surface area contributed by atoms with Gasteiger partial charge in [-0.25, -0.2) is 0 Å². The molecule has 7 heteroatoms. The van der Waals surface area contributed by atoms with Gasteiger partial charge in [0.15, 0.2) is 0 Å². The molecule has 144 valence electrons. The first-order valence-electron chi connectivity index (χ1n) is 9.28. The Balaban J connectivity index is 1.90. The van der Waals surface area contributed by atoms with Crippen LogP contribution in [0.1, 0.15) is 38.7 Å². The topological polar surface area (TPSA) is 85.8 Å². The van der Waals surface area contributed by atoms with Crippen LogP contribution in [0.2, 0.25) is 0 Å². The largest absolute Gasteiger partial charge is 0.388 e. The van der Waals surface area contributed by atoms with Crippen LogP contribution < -0.4 is 5.32 Å². The molecule has 0 radical (unpaired) electrons. The van der Waals surface area contributed by atoms with Crippen LogP contribution in [0.3, 0.4) is 0 Å². The lowest BCUT2D eigenvalue weighted by Gasteiger charge is -2.33. The molecule has 2 amide bonds. The van der Waals surface area contributed by atoms with Gasteiger partial charge in [-0.1, -0.05) is 6.92 Å². The molecule has 1 aromatic heterocycles. The summed E-state index contributed by atoms with van der Waals surface area (Å²) >= 11 is 0. The maximum absolute atomic E-state index is 12.2. The van der Waals surface area contributed by atoms with E-state index in [0.717, 1.165) is 19.5 Å². The van der Waals surface area contributed by atoms with E-state index in [9.17, 15) is 14.7 Å². The van der Waals surface area contributed by atoms with Crippen molar-refractivity contribution in [3.05, 3.63) is 30.1 Å². The van der Waals surface area contributed by atoms with E-state index < -0.39 is 5.60 Å². The van der Waals surface area contributed by atoms with Gasteiger partial charge < -0.3 is 15.3 Å². The van der Waals surface area contributed by atoms with Crippen molar-refractivity contribution in [2.75, 3.05) is 32.7 Å². The lowest BCUT2D eigenvalue weighted by molar-refractivity contribution is -0.132. The third-order valence-corrected chi connectivity index (χ3v) is 4.88. The maximum atomic E-state index is 12.2. The molecule has 0 saturated carbocycles. The number of hydrogen-bond donors (Lipinski definition) is 2. The van der Waals surface area contributed by atoms with Gasteiger partial charge in [0.25, 0.3) is 0 Å². The number of aromatic nitrogens is 1. The van der Waals surface area contributed by atoms with Gasteiger partial charge in [-0.2, -0.15) is 0 Å². The van der Waals surface area contributed by atoms with E-state index in [-0.39, 0.29) is 18.4 Å². The first-order valence-corrected chi connectivity index (χ1v) is 9.28. The highest BCUT2D eigenvalue weighted by Crippen LogP contribution is 2.24. The molecule has 7 nitrogen and oxygen atoms in total. The molecule has 0 aromatic carbocycles. The summed E-state index contributed by atoms with van der Waals surface area (Å²) < 4.78 is 0. The number of rotatable bonds is 7. The normalized spacial score (nSPS) is 20.7. The molecule has 2 heterocycles. The van der Waals surface area contributed by atoms with Gasteiger partial charge in [-0.05, 0) is 43.5 Å². The van der Waals surface area contributed by atoms with Crippen molar-refractivity contribution in [1.82, 2.24) is 20.1 Å². The average Bonchev–Trinajstić information content (AvgIpc) is 2.82. The van der Waals surface area contributed by atoms with Gasteiger partial charge in [0.05, 0.1) is 12.1 Å². The zero-order valence-electron chi connectivity index (χ0n) is 15.8. The number of nitrogens with one attached hydrogen (secondary N) is 1. The summed E-state index contributed by atoms with van der Waals surface area (Å²) in [4.78, 5) is 31.2. The van der Waals surface area contributed by atoms with Crippen molar-refractivity contribution in [3.63, 3.8) is 0 Å². The van der Waals surface area contributed by atoms with Crippen molar-refractivity contribution in [3.8, 4) is 0 Å². The molecule has 1 aliphatic heterocycles. The third kappa shape index (κ3) is 6.38. The minimum atomic E-state index is -0.800. The predicted octanol–water partition coefficient (Wildman–Crippen LogP) is 0.783. The minimum Gasteiger partial charge on any atom is -0.388 e. The molecule has 26 heavy (non-hydrogen) atoms. The van der Waals surface area contributed by atoms with Gasteiger partial charge in [-0.15, -0.1) is 0 Å². The smallest absolute Gasteiger partial charge is 0.241 e. The van der Waals surface area contributed by atoms with E-state index in [0.29, 0.717) is 32.5 Å². The van der Waals surface area contributed by atoms with Crippen molar-refractivity contribution in [1.29, 1.82) is 0 Å². The summed E-state index contributed by atoms with van der Waals surface area (Å²) in [6.45, 7) is 6.85. The molecular formula is C19H30N4O3. The van der Waals surface area contributed by atoms with E-state index in [1.807, 2.05) is 12.1 Å². The number of pyridine rings is 1. The Kier molecular flexibility index (Phi) is 7.53. The summed E-state index contributed by atoms with van der Waals surface area (Å²) in [5, 5.41) is 13.6. The Labute approximate surface area is 155 Å². The second kappa shape index (κ2) is 9.64. The van der Waals surface area contributed by atoms with Crippen LogP contribution in [0, 0.1) is 0 Å². The zero-order chi connectivity index (χ0) is 19.0. The summed E-state index contributed by atoms with van der Waals surface area (Å²) in [5.41, 5.74) is 0.373. The fraction of sp³-hybridized carbons (Fsp3) is 0.632. The highest BCUT2D eigenvalue weighted by molar-refractivity contribution is 5.83. The van der Waals surface area contributed by atoms with Gasteiger partial charge in [0.2, 0.25) is 11.8 Å². The Morgan fingerprint density at radius 2 is 2.04 bits per heavy atom. The van der Waals surface area contributed by atoms with Crippen molar-refractivity contribution >= 4 is 11.8 Å². The molecule has 2 rings (SSSR count). The minimum absolute atomic E-state index is 0.0247. The predicted molar refractivity (Wildman–Crippen MR) is 99.3 cm³/mol. The average molecular weight is 362 g/mol. The Bertz CT molecular complexity index is 596. The quantitative estimate of drug-likeness (QED) is 0.749. The third-order valence-electron chi connectivity index (χ3n) is 4.88. The number of amides is 2. The maximum Gasteiger partial charge on any atom is 0.241 e. The van der Waals surface area contributed by atoms with Gasteiger partial charge in [-0.3, -0.25) is 19.5 Å². The van der Waals surface area contributed by atoms with Gasteiger partial charge in [0, 0.05) is 45.5 Å². The van der Waals surface area contributed by atoms with E-state index >= 15 is 0 Å². The standard InChI is InChI=1S/C19H30N4O3/c1-3-22(14-17-5-9-20-10-6-17)15-19(26)7-4-11-23(12-8-19)18(25)13-21-16(2)24/h5-6,9-10,26H,3-4,7-8,11-15H2,1-2H3,(H,21,24)/t19-/m1/s1. The van der Waals surface area contributed by atoms with Crippen LogP contribution in [0.5, 0.6) is 0 Å². The molecular weight excluding hydrogens is 332 g/mol. The summed E-state index contributed by atoms with van der Waals surface area (Å²) in [5.74, 6) is -0.298. The molecule has 1 aromatic rings. The highest BCUT2D eigenvalue weighted by atomic mass is 16.3. The first kappa shape index (κ1) is 20.3. The van der Waals surface area contributed by atoms with Crippen LogP contribution in [0.15, 0.2) is 24.5 Å². The summed E-state index contributed by atoms with van der Waals surface area (Å²) in [7, 11) is 0. The van der Waals surface area contributed by atoms with Crippen molar-refractivity contribution in [2.24, 2.45) is 0 Å². The lowest BCUT2D eigenvalue weighted by atomic mass is 9.94. The molecule has 1 atom stereocenters. The van der Waals surface area contributed by atoms with Crippen LogP contribution in [0.4, 0.5) is 0 Å². The van der Waals surface area contributed by atoms with E-state index in [1.54, 1.807) is 17.3 Å². The molecule has 1 fully saturated rings. The fourth-order valence-electron chi connectivity index (χ4n) is 3.34. The Morgan fingerprint density at radius 3 is 2.69 bits per heavy atom. The van der Waals surface area contributed by atoms with E-state index in [2.05, 4.69) is 22.1 Å². The molecule has 0 spiro atoms. The second-order valence-corrected chi connectivity index (χ2v) is 7.03. The Morgan fingerprint density at radius 1 is 1.31 bits per heavy atom. The number of aliphatic hydroxyl groups is 1. The number of carbonyl (C=O) groups excluding carboxylic acids is 2. The van der Waals surface area contributed by atoms with E-state index in [4.69, 9.17) is 0 Å². The van der Waals surface area contributed by atoms with E-state index in [1.165, 1.54) is 12.5 Å². The van der Waals surface area contributed by atoms with Gasteiger partial charge >= 0.3 is 0 Å². The number of likely N-dealkylation sites (tertiary alicyclic amines) is 1. The van der Waals surface area contributed by atoms with Crippen molar-refractivity contribution < 1.29 is 14.7 Å². The van der Waals surface area contributed by atoms with Crippen LogP contribution in [-0.4, -0.2) is 70.0 Å². The highest BCUT2D eigenvalue weighted by Gasteiger charge is 2.33. The first-order chi connectivity index (χ1) is 12.4. The molecule has 0 bridgehead atoms. The molecule has 0 aliphatic carbocycles. The van der Waals surface area contributed by atoms with Crippen molar-refractivity contribution in [2.45, 2.75) is 45.3 Å². The number of nitrogens with zero attached hydrogens (tertiary/aromatic N) is 3. The number of carbonyl (C=O) groups is 2. The summed E-state index contributed by atoms with van der Waals surface area (Å²) in [6, 6.07) is 3.98. The van der Waals surface area contributed by atoms with Gasteiger partial charge in [0.1, 0.15) is 0 Å².